The number of benzene rings is 1. The van der Waals surface area contributed by atoms with Crippen LogP contribution in [0.1, 0.15) is 18.1 Å². The summed E-state index contributed by atoms with van der Waals surface area (Å²) >= 11 is 3.35. The fourth-order valence-electron chi connectivity index (χ4n) is 1.08. The molecule has 2 nitrogen and oxygen atoms in total. The Morgan fingerprint density at radius 1 is 1.31 bits per heavy atom. The van der Waals surface area contributed by atoms with Crippen LogP contribution in [-0.2, 0) is 6.61 Å². The Balaban J connectivity index is 3.01. The molecule has 13 heavy (non-hydrogen) atoms. The molecule has 1 aromatic carbocycles. The van der Waals surface area contributed by atoms with Gasteiger partial charge in [0, 0.05) is 10.4 Å². The summed E-state index contributed by atoms with van der Waals surface area (Å²) < 4.78 is 0.918. The van der Waals surface area contributed by atoms with E-state index >= 15 is 0 Å². The zero-order valence-corrected chi connectivity index (χ0v) is 9.00. The maximum atomic E-state index is 8.95. The van der Waals surface area contributed by atoms with E-state index in [-0.39, 0.29) is 13.2 Å². The van der Waals surface area contributed by atoms with Crippen molar-refractivity contribution < 1.29 is 10.2 Å². The van der Waals surface area contributed by atoms with Crippen molar-refractivity contribution in [3.8, 4) is 0 Å². The highest BCUT2D eigenvalue weighted by Crippen LogP contribution is 2.21. The number of aliphatic hydroxyl groups excluding tert-OH is 2. The first-order valence-electron chi connectivity index (χ1n) is 4.01. The number of hydrogen-bond acceptors (Lipinski definition) is 2. The van der Waals surface area contributed by atoms with Crippen LogP contribution in [0.4, 0.5) is 0 Å². The lowest BCUT2D eigenvalue weighted by atomic mass is 10.0. The van der Waals surface area contributed by atoms with Crippen LogP contribution in [0.3, 0.4) is 0 Å². The van der Waals surface area contributed by atoms with Crippen LogP contribution in [0.2, 0.25) is 0 Å². The predicted molar refractivity (Wildman–Crippen MR) is 55.2 cm³/mol. The maximum Gasteiger partial charge on any atom is 0.0682 e. The molecule has 1 aromatic rings. The molecular weight excluding hydrogens is 232 g/mol. The van der Waals surface area contributed by atoms with Gasteiger partial charge in [-0.25, -0.2) is 0 Å². The monoisotopic (exact) mass is 243 g/mol. The molecular formula is C10H12BrO2. The van der Waals surface area contributed by atoms with E-state index in [2.05, 4.69) is 15.9 Å². The van der Waals surface area contributed by atoms with E-state index in [1.165, 1.54) is 0 Å². The second-order valence-corrected chi connectivity index (χ2v) is 3.86. The smallest absolute Gasteiger partial charge is 0.0682 e. The molecule has 0 fully saturated rings. The number of rotatable bonds is 3. The van der Waals surface area contributed by atoms with E-state index in [1.807, 2.05) is 25.1 Å². The van der Waals surface area contributed by atoms with Crippen LogP contribution in [0, 0.1) is 5.92 Å². The molecule has 1 rings (SSSR count). The summed E-state index contributed by atoms with van der Waals surface area (Å²) in [4.78, 5) is 0. The van der Waals surface area contributed by atoms with E-state index in [9.17, 15) is 0 Å². The molecule has 0 bridgehead atoms. The second kappa shape index (κ2) is 4.74. The van der Waals surface area contributed by atoms with Gasteiger partial charge in [0.05, 0.1) is 13.2 Å². The van der Waals surface area contributed by atoms with Crippen molar-refractivity contribution >= 4 is 15.9 Å². The molecule has 0 atom stereocenters. The molecule has 2 N–H and O–H groups in total. The fraction of sp³-hybridized carbons (Fsp3) is 0.300. The fourth-order valence-corrected chi connectivity index (χ4v) is 1.62. The molecule has 3 heteroatoms. The maximum absolute atomic E-state index is 8.95. The quantitative estimate of drug-likeness (QED) is 0.852. The summed E-state index contributed by atoms with van der Waals surface area (Å²) in [5.74, 6) is 0.899. The molecule has 0 amide bonds. The Kier molecular flexibility index (Phi) is 3.90. The minimum atomic E-state index is 0.0190. The van der Waals surface area contributed by atoms with Gasteiger partial charge >= 0.3 is 0 Å². The Morgan fingerprint density at radius 2 is 2.00 bits per heavy atom. The van der Waals surface area contributed by atoms with Crippen LogP contribution >= 0.6 is 15.9 Å². The van der Waals surface area contributed by atoms with E-state index in [0.29, 0.717) is 0 Å². The molecule has 0 aliphatic heterocycles. The highest BCUT2D eigenvalue weighted by Gasteiger charge is 2.06. The first-order valence-corrected chi connectivity index (χ1v) is 4.80. The lowest BCUT2D eigenvalue weighted by molar-refractivity contribution is 0.281. The molecule has 1 radical (unpaired) electrons. The van der Waals surface area contributed by atoms with Crippen molar-refractivity contribution in [2.45, 2.75) is 13.5 Å². The van der Waals surface area contributed by atoms with Crippen LogP contribution in [0.5, 0.6) is 0 Å². The van der Waals surface area contributed by atoms with Crippen LogP contribution < -0.4 is 0 Å². The number of aliphatic hydroxyl groups is 2. The molecule has 0 heterocycles. The molecule has 0 unspecified atom stereocenters. The van der Waals surface area contributed by atoms with Crippen LogP contribution in [0.15, 0.2) is 22.7 Å². The van der Waals surface area contributed by atoms with Gasteiger partial charge < -0.3 is 10.2 Å². The Labute approximate surface area is 86.3 Å². The van der Waals surface area contributed by atoms with Gasteiger partial charge in [0.15, 0.2) is 0 Å². The summed E-state index contributed by atoms with van der Waals surface area (Å²) in [6.45, 7) is 1.93. The van der Waals surface area contributed by atoms with Gasteiger partial charge in [0.2, 0.25) is 0 Å². The second-order valence-electron chi connectivity index (χ2n) is 2.94. The van der Waals surface area contributed by atoms with E-state index in [0.717, 1.165) is 21.5 Å². The van der Waals surface area contributed by atoms with Crippen molar-refractivity contribution in [1.29, 1.82) is 0 Å². The van der Waals surface area contributed by atoms with Crippen molar-refractivity contribution in [3.05, 3.63) is 39.7 Å². The molecule has 0 aliphatic carbocycles. The summed E-state index contributed by atoms with van der Waals surface area (Å²) in [7, 11) is 0. The minimum absolute atomic E-state index is 0.0190. The average Bonchev–Trinajstić information content (AvgIpc) is 2.15. The van der Waals surface area contributed by atoms with Crippen molar-refractivity contribution in [2.24, 2.45) is 0 Å². The molecule has 0 aliphatic rings. The minimum Gasteiger partial charge on any atom is -0.395 e. The molecule has 0 aromatic heterocycles. The summed E-state index contributed by atoms with van der Waals surface area (Å²) in [5, 5.41) is 17.9. The third kappa shape index (κ3) is 2.79. The van der Waals surface area contributed by atoms with Gasteiger partial charge in [-0.05, 0) is 23.3 Å². The van der Waals surface area contributed by atoms with Crippen molar-refractivity contribution in [1.82, 2.24) is 0 Å². The molecule has 0 spiro atoms. The van der Waals surface area contributed by atoms with Gasteiger partial charge in [-0.15, -0.1) is 0 Å². The lowest BCUT2D eigenvalue weighted by Gasteiger charge is -2.09. The van der Waals surface area contributed by atoms with Crippen LogP contribution in [-0.4, -0.2) is 16.8 Å². The average molecular weight is 244 g/mol. The van der Waals surface area contributed by atoms with Gasteiger partial charge in [0.25, 0.3) is 0 Å². The van der Waals surface area contributed by atoms with E-state index in [1.54, 1.807) is 0 Å². The van der Waals surface area contributed by atoms with Gasteiger partial charge in [-0.2, -0.15) is 0 Å². The third-order valence-electron chi connectivity index (χ3n) is 1.87. The van der Waals surface area contributed by atoms with E-state index in [4.69, 9.17) is 10.2 Å². The largest absolute Gasteiger partial charge is 0.395 e. The van der Waals surface area contributed by atoms with Gasteiger partial charge in [-0.3, -0.25) is 0 Å². The topological polar surface area (TPSA) is 40.5 Å². The zero-order chi connectivity index (χ0) is 9.84. The highest BCUT2D eigenvalue weighted by molar-refractivity contribution is 9.10. The highest BCUT2D eigenvalue weighted by atomic mass is 79.9. The molecule has 71 valence electrons. The molecule has 0 saturated carbocycles. The predicted octanol–water partition coefficient (Wildman–Crippen LogP) is 1.88. The zero-order valence-electron chi connectivity index (χ0n) is 7.42. The van der Waals surface area contributed by atoms with Gasteiger partial charge in [-0.1, -0.05) is 28.9 Å². The summed E-state index contributed by atoms with van der Waals surface area (Å²) in [6.07, 6.45) is 0. The Bertz CT molecular complexity index is 286. The number of halogens is 1. The lowest BCUT2D eigenvalue weighted by Crippen LogP contribution is -2.01. The molecule has 0 saturated heterocycles. The normalized spacial score (nSPS) is 10.8. The van der Waals surface area contributed by atoms with Crippen LogP contribution in [0.25, 0.3) is 0 Å². The SMILES string of the molecule is C[C](CO)c1cc(Br)cc(CO)c1. The standard InChI is InChI=1S/C10H12BrO2/c1-7(5-12)9-2-8(6-13)3-10(11)4-9/h2-4,12-13H,5-6H2,1H3. The van der Waals surface area contributed by atoms with E-state index < -0.39 is 0 Å². The Morgan fingerprint density at radius 3 is 2.54 bits per heavy atom. The summed E-state index contributed by atoms with van der Waals surface area (Å²) in [6, 6.07) is 5.65. The Hall–Kier alpha value is -0.380. The van der Waals surface area contributed by atoms with Crippen molar-refractivity contribution in [2.75, 3.05) is 6.61 Å². The van der Waals surface area contributed by atoms with Crippen molar-refractivity contribution in [3.63, 3.8) is 0 Å². The number of hydrogen-bond donors (Lipinski definition) is 2. The third-order valence-corrected chi connectivity index (χ3v) is 2.33. The summed E-state index contributed by atoms with van der Waals surface area (Å²) in [5.41, 5.74) is 1.80. The van der Waals surface area contributed by atoms with Gasteiger partial charge in [0.1, 0.15) is 0 Å². The first kappa shape index (κ1) is 10.7. The first-order chi connectivity index (χ1) is 6.17.